The van der Waals surface area contributed by atoms with Gasteiger partial charge in [-0.1, -0.05) is 6.92 Å². The zero-order valence-corrected chi connectivity index (χ0v) is 10.0. The third-order valence-corrected chi connectivity index (χ3v) is 3.24. The topological polar surface area (TPSA) is 50.5 Å². The van der Waals surface area contributed by atoms with Crippen molar-refractivity contribution >= 4 is 12.2 Å². The summed E-state index contributed by atoms with van der Waals surface area (Å²) in [4.78, 5) is 24.2. The van der Waals surface area contributed by atoms with Crippen LogP contribution in [-0.4, -0.2) is 23.6 Å². The van der Waals surface area contributed by atoms with Crippen LogP contribution in [0.15, 0.2) is 16.5 Å². The monoisotopic (exact) mass is 235 g/mol. The predicted octanol–water partition coefficient (Wildman–Crippen LogP) is 2.24. The minimum Gasteiger partial charge on any atom is -0.456 e. The van der Waals surface area contributed by atoms with Crippen molar-refractivity contribution in [2.24, 2.45) is 5.92 Å². The Morgan fingerprint density at radius 2 is 2.29 bits per heavy atom. The summed E-state index contributed by atoms with van der Waals surface area (Å²) in [6.07, 6.45) is 3.29. The number of amides is 1. The van der Waals surface area contributed by atoms with Crippen molar-refractivity contribution in [3.8, 4) is 0 Å². The number of furan rings is 1. The molecule has 0 N–H and O–H groups in total. The van der Waals surface area contributed by atoms with Crippen LogP contribution in [0.1, 0.15) is 42.5 Å². The third-order valence-electron chi connectivity index (χ3n) is 3.24. The van der Waals surface area contributed by atoms with Gasteiger partial charge in [-0.15, -0.1) is 0 Å². The minimum absolute atomic E-state index is 0.179. The summed E-state index contributed by atoms with van der Waals surface area (Å²) in [7, 11) is 0. The highest BCUT2D eigenvalue weighted by atomic mass is 16.3. The smallest absolute Gasteiger partial charge is 0.222 e. The molecule has 0 aliphatic carbocycles. The summed E-state index contributed by atoms with van der Waals surface area (Å²) in [5.41, 5.74) is 0. The highest BCUT2D eigenvalue weighted by Crippen LogP contribution is 2.19. The summed E-state index contributed by atoms with van der Waals surface area (Å²) in [5.74, 6) is 1.77. The molecule has 1 atom stereocenters. The van der Waals surface area contributed by atoms with Gasteiger partial charge in [0.05, 0.1) is 6.54 Å². The van der Waals surface area contributed by atoms with Crippen molar-refractivity contribution in [2.75, 3.05) is 6.54 Å². The average molecular weight is 235 g/mol. The van der Waals surface area contributed by atoms with Crippen LogP contribution in [0.25, 0.3) is 0 Å². The van der Waals surface area contributed by atoms with Crippen molar-refractivity contribution < 1.29 is 14.0 Å². The molecule has 4 nitrogen and oxygen atoms in total. The fourth-order valence-electron chi connectivity index (χ4n) is 2.07. The quantitative estimate of drug-likeness (QED) is 0.755. The van der Waals surface area contributed by atoms with Gasteiger partial charge in [0.15, 0.2) is 12.0 Å². The second-order valence-corrected chi connectivity index (χ2v) is 4.67. The molecule has 0 spiro atoms. The van der Waals surface area contributed by atoms with Gasteiger partial charge in [-0.05, 0) is 30.9 Å². The van der Waals surface area contributed by atoms with E-state index >= 15 is 0 Å². The minimum atomic E-state index is 0.179. The molecule has 17 heavy (non-hydrogen) atoms. The Labute approximate surface area is 101 Å². The van der Waals surface area contributed by atoms with Crippen LogP contribution in [0.3, 0.4) is 0 Å². The molecule has 2 heterocycles. The number of likely N-dealkylation sites (tertiary alicyclic amines) is 1. The Balaban J connectivity index is 2.01. The maximum absolute atomic E-state index is 11.9. The van der Waals surface area contributed by atoms with Gasteiger partial charge in [0, 0.05) is 13.0 Å². The zero-order valence-electron chi connectivity index (χ0n) is 10.0. The number of hydrogen-bond donors (Lipinski definition) is 0. The Morgan fingerprint density at radius 3 is 3.00 bits per heavy atom. The largest absolute Gasteiger partial charge is 0.456 e. The molecular formula is C13H17NO3. The van der Waals surface area contributed by atoms with Crippen LogP contribution in [0.5, 0.6) is 0 Å². The summed E-state index contributed by atoms with van der Waals surface area (Å²) in [6.45, 7) is 3.42. The van der Waals surface area contributed by atoms with Crippen LogP contribution in [0, 0.1) is 5.92 Å². The van der Waals surface area contributed by atoms with Gasteiger partial charge < -0.3 is 9.32 Å². The highest BCUT2D eigenvalue weighted by Gasteiger charge is 2.21. The molecular weight excluding hydrogens is 218 g/mol. The molecule has 0 radical (unpaired) electrons. The lowest BCUT2D eigenvalue weighted by atomic mass is 10.0. The number of hydrogen-bond acceptors (Lipinski definition) is 3. The lowest BCUT2D eigenvalue weighted by Crippen LogP contribution is -2.29. The van der Waals surface area contributed by atoms with E-state index in [1.807, 2.05) is 4.90 Å². The van der Waals surface area contributed by atoms with Crippen LogP contribution in [0.4, 0.5) is 0 Å². The van der Waals surface area contributed by atoms with Gasteiger partial charge in [0.25, 0.3) is 0 Å². The molecule has 92 valence electrons. The number of carbonyl (C=O) groups excluding carboxylic acids is 2. The normalized spacial score (nSPS) is 21.4. The zero-order chi connectivity index (χ0) is 12.3. The van der Waals surface area contributed by atoms with Crippen LogP contribution in [0.2, 0.25) is 0 Å². The van der Waals surface area contributed by atoms with E-state index < -0.39 is 0 Å². The Morgan fingerprint density at radius 1 is 1.47 bits per heavy atom. The molecule has 1 aliphatic heterocycles. The highest BCUT2D eigenvalue weighted by molar-refractivity contribution is 5.76. The Kier molecular flexibility index (Phi) is 3.61. The first-order valence-corrected chi connectivity index (χ1v) is 6.00. The van der Waals surface area contributed by atoms with Crippen LogP contribution >= 0.6 is 0 Å². The summed E-state index contributed by atoms with van der Waals surface area (Å²) >= 11 is 0. The standard InChI is InChI=1S/C13H17NO3/c1-10-2-5-13(16)14(7-6-10)8-11-3-4-12(9-15)17-11/h3-4,9-10H,2,5-8H2,1H3. The molecule has 1 fully saturated rings. The maximum atomic E-state index is 11.9. The van der Waals surface area contributed by atoms with Crippen molar-refractivity contribution in [1.29, 1.82) is 0 Å². The van der Waals surface area contributed by atoms with Gasteiger partial charge in [0.1, 0.15) is 5.76 Å². The first kappa shape index (κ1) is 11.9. The molecule has 1 amide bonds. The molecule has 1 saturated heterocycles. The van der Waals surface area contributed by atoms with E-state index in [-0.39, 0.29) is 5.91 Å². The number of carbonyl (C=O) groups is 2. The van der Waals surface area contributed by atoms with Gasteiger partial charge in [-0.2, -0.15) is 0 Å². The molecule has 0 bridgehead atoms. The maximum Gasteiger partial charge on any atom is 0.222 e. The van der Waals surface area contributed by atoms with Gasteiger partial charge in [0.2, 0.25) is 5.91 Å². The van der Waals surface area contributed by atoms with E-state index in [0.717, 1.165) is 19.4 Å². The fraction of sp³-hybridized carbons (Fsp3) is 0.538. The molecule has 4 heteroatoms. The van der Waals surface area contributed by atoms with Crippen molar-refractivity contribution in [1.82, 2.24) is 4.90 Å². The van der Waals surface area contributed by atoms with Gasteiger partial charge >= 0.3 is 0 Å². The summed E-state index contributed by atoms with van der Waals surface area (Å²) in [5, 5.41) is 0. The SMILES string of the molecule is CC1CCC(=O)N(Cc2ccc(C=O)o2)CC1. The van der Waals surface area contributed by atoms with Crippen molar-refractivity contribution in [3.63, 3.8) is 0 Å². The number of aldehydes is 1. The Bertz CT molecular complexity index is 411. The van der Waals surface area contributed by atoms with Crippen LogP contribution in [-0.2, 0) is 11.3 Å². The molecule has 0 aromatic carbocycles. The second kappa shape index (κ2) is 5.17. The van der Waals surface area contributed by atoms with E-state index in [4.69, 9.17) is 4.42 Å². The third kappa shape index (κ3) is 2.96. The summed E-state index contributed by atoms with van der Waals surface area (Å²) < 4.78 is 5.29. The Hall–Kier alpha value is -1.58. The van der Waals surface area contributed by atoms with E-state index in [0.29, 0.717) is 36.7 Å². The lowest BCUT2D eigenvalue weighted by molar-refractivity contribution is -0.131. The molecule has 1 unspecified atom stereocenters. The molecule has 0 saturated carbocycles. The van der Waals surface area contributed by atoms with Crippen LogP contribution < -0.4 is 0 Å². The van der Waals surface area contributed by atoms with Crippen molar-refractivity contribution in [3.05, 3.63) is 23.7 Å². The molecule has 1 aromatic heterocycles. The first-order chi connectivity index (χ1) is 8.19. The van der Waals surface area contributed by atoms with Gasteiger partial charge in [-0.25, -0.2) is 0 Å². The second-order valence-electron chi connectivity index (χ2n) is 4.67. The molecule has 1 aliphatic rings. The predicted molar refractivity (Wildman–Crippen MR) is 62.5 cm³/mol. The van der Waals surface area contributed by atoms with E-state index in [9.17, 15) is 9.59 Å². The van der Waals surface area contributed by atoms with E-state index in [2.05, 4.69) is 6.92 Å². The lowest BCUT2D eigenvalue weighted by Gasteiger charge is -2.19. The van der Waals surface area contributed by atoms with Gasteiger partial charge in [-0.3, -0.25) is 9.59 Å². The van der Waals surface area contributed by atoms with E-state index in [1.54, 1.807) is 12.1 Å². The van der Waals surface area contributed by atoms with E-state index in [1.165, 1.54) is 0 Å². The summed E-state index contributed by atoms with van der Waals surface area (Å²) in [6, 6.07) is 3.39. The number of rotatable bonds is 3. The molecule has 2 rings (SSSR count). The average Bonchev–Trinajstić information content (AvgIpc) is 2.72. The van der Waals surface area contributed by atoms with Crippen molar-refractivity contribution in [2.45, 2.75) is 32.7 Å². The first-order valence-electron chi connectivity index (χ1n) is 6.00. The fourth-order valence-corrected chi connectivity index (χ4v) is 2.07. The number of nitrogens with zero attached hydrogens (tertiary/aromatic N) is 1. The molecule has 1 aromatic rings.